The standard InChI is InChI=1S/C13H15ClFN3O/c1-8(2)18-13(16-7-17-18)6-12(19)9-3-4-10(14)11(15)5-9/h3-5,7-8,12,19H,6H2,1-2H3. The van der Waals surface area contributed by atoms with Crippen molar-refractivity contribution < 1.29 is 9.50 Å². The molecule has 4 nitrogen and oxygen atoms in total. The first kappa shape index (κ1) is 14.0. The number of hydrogen-bond acceptors (Lipinski definition) is 3. The summed E-state index contributed by atoms with van der Waals surface area (Å²) in [4.78, 5) is 4.11. The molecule has 1 unspecified atom stereocenters. The van der Waals surface area contributed by atoms with E-state index >= 15 is 0 Å². The fourth-order valence-electron chi connectivity index (χ4n) is 1.86. The molecule has 0 bridgehead atoms. The second kappa shape index (κ2) is 5.67. The Morgan fingerprint density at radius 1 is 1.42 bits per heavy atom. The molecule has 19 heavy (non-hydrogen) atoms. The SMILES string of the molecule is CC(C)n1ncnc1CC(O)c1ccc(Cl)c(F)c1. The molecule has 0 aliphatic carbocycles. The van der Waals surface area contributed by atoms with Gasteiger partial charge in [-0.2, -0.15) is 5.10 Å². The summed E-state index contributed by atoms with van der Waals surface area (Å²) in [5.74, 6) is 0.126. The average Bonchev–Trinajstić information content (AvgIpc) is 2.80. The van der Waals surface area contributed by atoms with Crippen molar-refractivity contribution in [1.29, 1.82) is 0 Å². The number of nitrogens with zero attached hydrogens (tertiary/aromatic N) is 3. The van der Waals surface area contributed by atoms with Gasteiger partial charge >= 0.3 is 0 Å². The molecular formula is C13H15ClFN3O. The molecule has 6 heteroatoms. The van der Waals surface area contributed by atoms with E-state index < -0.39 is 11.9 Å². The lowest BCUT2D eigenvalue weighted by atomic mass is 10.1. The molecular weight excluding hydrogens is 269 g/mol. The summed E-state index contributed by atoms with van der Waals surface area (Å²) in [6, 6.07) is 4.43. The maximum Gasteiger partial charge on any atom is 0.142 e. The van der Waals surface area contributed by atoms with Crippen LogP contribution in [-0.4, -0.2) is 19.9 Å². The summed E-state index contributed by atoms with van der Waals surface area (Å²) < 4.78 is 15.1. The van der Waals surface area contributed by atoms with Crippen molar-refractivity contribution in [3.63, 3.8) is 0 Å². The Morgan fingerprint density at radius 3 is 2.79 bits per heavy atom. The van der Waals surface area contributed by atoms with Gasteiger partial charge in [0.1, 0.15) is 18.0 Å². The van der Waals surface area contributed by atoms with Crippen molar-refractivity contribution in [1.82, 2.24) is 14.8 Å². The zero-order chi connectivity index (χ0) is 14.0. The third kappa shape index (κ3) is 3.11. The Labute approximate surface area is 115 Å². The molecule has 1 aromatic carbocycles. The minimum atomic E-state index is -0.839. The van der Waals surface area contributed by atoms with Gasteiger partial charge in [-0.05, 0) is 31.5 Å². The molecule has 1 aromatic heterocycles. The normalized spacial score (nSPS) is 12.9. The first-order valence-electron chi connectivity index (χ1n) is 6.00. The minimum absolute atomic E-state index is 0.0429. The monoisotopic (exact) mass is 283 g/mol. The molecule has 0 saturated carbocycles. The van der Waals surface area contributed by atoms with E-state index in [0.29, 0.717) is 11.4 Å². The van der Waals surface area contributed by atoms with Crippen LogP contribution in [0.2, 0.25) is 5.02 Å². The van der Waals surface area contributed by atoms with Crippen LogP contribution in [0.4, 0.5) is 4.39 Å². The Bertz CT molecular complexity index is 571. The predicted octanol–water partition coefficient (Wildman–Crippen LogP) is 2.93. The smallest absolute Gasteiger partial charge is 0.142 e. The van der Waals surface area contributed by atoms with Crippen molar-refractivity contribution in [2.75, 3.05) is 0 Å². The first-order chi connectivity index (χ1) is 8.99. The highest BCUT2D eigenvalue weighted by Crippen LogP contribution is 2.23. The zero-order valence-corrected chi connectivity index (χ0v) is 11.5. The van der Waals surface area contributed by atoms with Crippen molar-refractivity contribution in [3.8, 4) is 0 Å². The Kier molecular flexibility index (Phi) is 4.17. The molecule has 2 rings (SSSR count). The number of aliphatic hydroxyl groups is 1. The van der Waals surface area contributed by atoms with Gasteiger partial charge in [0.05, 0.1) is 11.1 Å². The summed E-state index contributed by atoms with van der Waals surface area (Å²) in [6.45, 7) is 3.96. The van der Waals surface area contributed by atoms with Gasteiger partial charge in [0.2, 0.25) is 0 Å². The lowest BCUT2D eigenvalue weighted by Gasteiger charge is -2.13. The van der Waals surface area contributed by atoms with Gasteiger partial charge in [-0.3, -0.25) is 0 Å². The molecule has 0 fully saturated rings. The van der Waals surface area contributed by atoms with Gasteiger partial charge in [-0.25, -0.2) is 14.1 Å². The fraction of sp³-hybridized carbons (Fsp3) is 0.385. The van der Waals surface area contributed by atoms with Crippen LogP contribution < -0.4 is 0 Å². The summed E-state index contributed by atoms with van der Waals surface area (Å²) in [5.41, 5.74) is 0.472. The van der Waals surface area contributed by atoms with Gasteiger partial charge in [0, 0.05) is 12.5 Å². The van der Waals surface area contributed by atoms with Gasteiger partial charge in [-0.15, -0.1) is 0 Å². The maximum atomic E-state index is 13.3. The zero-order valence-electron chi connectivity index (χ0n) is 10.7. The van der Waals surface area contributed by atoms with E-state index in [1.807, 2.05) is 13.8 Å². The lowest BCUT2D eigenvalue weighted by molar-refractivity contribution is 0.173. The molecule has 1 heterocycles. The van der Waals surface area contributed by atoms with Crippen LogP contribution >= 0.6 is 11.6 Å². The van der Waals surface area contributed by atoms with E-state index in [1.54, 1.807) is 10.7 Å². The molecule has 1 atom stereocenters. The molecule has 0 aliphatic rings. The highest BCUT2D eigenvalue weighted by Gasteiger charge is 2.15. The van der Waals surface area contributed by atoms with E-state index in [2.05, 4.69) is 10.1 Å². The van der Waals surface area contributed by atoms with Gasteiger partial charge in [0.25, 0.3) is 0 Å². The van der Waals surface area contributed by atoms with Crippen LogP contribution in [0.5, 0.6) is 0 Å². The summed E-state index contributed by atoms with van der Waals surface area (Å²) in [7, 11) is 0. The van der Waals surface area contributed by atoms with E-state index in [1.165, 1.54) is 18.5 Å². The third-order valence-corrected chi connectivity index (χ3v) is 3.15. The second-order valence-corrected chi connectivity index (χ2v) is 5.02. The van der Waals surface area contributed by atoms with E-state index in [4.69, 9.17) is 11.6 Å². The molecule has 102 valence electrons. The molecule has 2 aromatic rings. The minimum Gasteiger partial charge on any atom is -0.388 e. The summed E-state index contributed by atoms with van der Waals surface area (Å²) >= 11 is 5.61. The summed E-state index contributed by atoms with van der Waals surface area (Å²) in [5, 5.41) is 14.3. The molecule has 0 radical (unpaired) electrons. The quantitative estimate of drug-likeness (QED) is 0.938. The third-order valence-electron chi connectivity index (χ3n) is 2.84. The summed E-state index contributed by atoms with van der Waals surface area (Å²) in [6.07, 6.45) is 0.887. The number of benzene rings is 1. The lowest BCUT2D eigenvalue weighted by Crippen LogP contribution is -2.12. The highest BCUT2D eigenvalue weighted by molar-refractivity contribution is 6.30. The Hall–Kier alpha value is -1.46. The van der Waals surface area contributed by atoms with Crippen molar-refractivity contribution >= 4 is 11.6 Å². The number of aromatic nitrogens is 3. The topological polar surface area (TPSA) is 50.9 Å². The van der Waals surface area contributed by atoms with Crippen LogP contribution in [0.25, 0.3) is 0 Å². The average molecular weight is 284 g/mol. The maximum absolute atomic E-state index is 13.3. The Morgan fingerprint density at radius 2 is 2.16 bits per heavy atom. The van der Waals surface area contributed by atoms with E-state index in [9.17, 15) is 9.50 Å². The molecule has 0 saturated heterocycles. The van der Waals surface area contributed by atoms with Gasteiger partial charge in [0.15, 0.2) is 0 Å². The number of rotatable bonds is 4. The fourth-order valence-corrected chi connectivity index (χ4v) is 1.98. The highest BCUT2D eigenvalue weighted by atomic mass is 35.5. The van der Waals surface area contributed by atoms with Gasteiger partial charge in [-0.1, -0.05) is 17.7 Å². The molecule has 0 spiro atoms. The first-order valence-corrected chi connectivity index (χ1v) is 6.38. The van der Waals surface area contributed by atoms with Crippen LogP contribution in [-0.2, 0) is 6.42 Å². The van der Waals surface area contributed by atoms with E-state index in [0.717, 1.165) is 0 Å². The van der Waals surface area contributed by atoms with Crippen molar-refractivity contribution in [3.05, 3.63) is 46.8 Å². The van der Waals surface area contributed by atoms with Crippen LogP contribution in [0.3, 0.4) is 0 Å². The largest absolute Gasteiger partial charge is 0.388 e. The molecule has 0 aliphatic heterocycles. The number of halogens is 2. The molecule has 1 N–H and O–H groups in total. The predicted molar refractivity (Wildman–Crippen MR) is 70.5 cm³/mol. The van der Waals surface area contributed by atoms with Crippen LogP contribution in [0.15, 0.2) is 24.5 Å². The van der Waals surface area contributed by atoms with Crippen molar-refractivity contribution in [2.24, 2.45) is 0 Å². The van der Waals surface area contributed by atoms with Crippen LogP contribution in [0, 0.1) is 5.82 Å². The Balaban J connectivity index is 2.18. The van der Waals surface area contributed by atoms with Crippen LogP contribution in [0.1, 0.15) is 37.4 Å². The number of aliphatic hydroxyl groups excluding tert-OH is 1. The number of hydrogen-bond donors (Lipinski definition) is 1. The molecule has 0 amide bonds. The second-order valence-electron chi connectivity index (χ2n) is 4.61. The van der Waals surface area contributed by atoms with E-state index in [-0.39, 0.29) is 17.5 Å². The van der Waals surface area contributed by atoms with Crippen molar-refractivity contribution in [2.45, 2.75) is 32.4 Å². The van der Waals surface area contributed by atoms with Gasteiger partial charge < -0.3 is 5.11 Å².